The fourth-order valence-corrected chi connectivity index (χ4v) is 1.31. The van der Waals surface area contributed by atoms with Crippen molar-refractivity contribution in [2.24, 2.45) is 0 Å². The van der Waals surface area contributed by atoms with E-state index in [-0.39, 0.29) is 12.1 Å². The third-order valence-electron chi connectivity index (χ3n) is 2.89. The van der Waals surface area contributed by atoms with Gasteiger partial charge in [0, 0.05) is 25.8 Å². The number of nitrogens with zero attached hydrogens (tertiary/aromatic N) is 1. The van der Waals surface area contributed by atoms with Gasteiger partial charge in [-0.3, -0.25) is 0 Å². The molecule has 0 aromatic carbocycles. The van der Waals surface area contributed by atoms with Crippen LogP contribution in [0.25, 0.3) is 0 Å². The Bertz CT molecular complexity index is 150. The number of methoxy groups -OCH3 is 1. The molecule has 0 saturated heterocycles. The van der Waals surface area contributed by atoms with E-state index in [2.05, 4.69) is 17.3 Å². The lowest BCUT2D eigenvalue weighted by Crippen LogP contribution is -2.45. The van der Waals surface area contributed by atoms with Crippen LogP contribution in [0.2, 0.25) is 0 Å². The van der Waals surface area contributed by atoms with Crippen LogP contribution in [0, 0.1) is 0 Å². The molecule has 0 aliphatic carbocycles. The third kappa shape index (κ3) is 6.84. The van der Waals surface area contributed by atoms with Crippen molar-refractivity contribution in [3.05, 3.63) is 0 Å². The molecule has 0 radical (unpaired) electrons. The van der Waals surface area contributed by atoms with E-state index >= 15 is 0 Å². The predicted octanol–water partition coefficient (Wildman–Crippen LogP) is 0.315. The zero-order valence-corrected chi connectivity index (χ0v) is 10.5. The lowest BCUT2D eigenvalue weighted by Gasteiger charge is -2.29. The molecule has 4 heteroatoms. The Balaban J connectivity index is 3.64. The molecule has 15 heavy (non-hydrogen) atoms. The Morgan fingerprint density at radius 2 is 2.07 bits per heavy atom. The fourth-order valence-electron chi connectivity index (χ4n) is 1.31. The van der Waals surface area contributed by atoms with Gasteiger partial charge in [0.05, 0.1) is 6.61 Å². The summed E-state index contributed by atoms with van der Waals surface area (Å²) in [6, 6.07) is 0. The average molecular weight is 218 g/mol. The quantitative estimate of drug-likeness (QED) is 0.547. The second-order valence-electron chi connectivity index (χ2n) is 4.37. The van der Waals surface area contributed by atoms with Gasteiger partial charge < -0.3 is 20.1 Å². The van der Waals surface area contributed by atoms with E-state index in [9.17, 15) is 5.11 Å². The monoisotopic (exact) mass is 218 g/mol. The van der Waals surface area contributed by atoms with Crippen LogP contribution in [-0.4, -0.2) is 63.1 Å². The van der Waals surface area contributed by atoms with E-state index < -0.39 is 0 Å². The molecule has 4 nitrogen and oxygen atoms in total. The predicted molar refractivity (Wildman–Crippen MR) is 63.2 cm³/mol. The van der Waals surface area contributed by atoms with E-state index in [1.165, 1.54) is 0 Å². The molecule has 0 aliphatic rings. The Hall–Kier alpha value is -0.160. The van der Waals surface area contributed by atoms with E-state index in [4.69, 9.17) is 4.74 Å². The van der Waals surface area contributed by atoms with E-state index in [1.807, 2.05) is 14.0 Å². The maximum atomic E-state index is 9.21. The van der Waals surface area contributed by atoms with Crippen molar-refractivity contribution >= 4 is 0 Å². The Kier molecular flexibility index (Phi) is 7.96. The Morgan fingerprint density at radius 3 is 2.53 bits per heavy atom. The van der Waals surface area contributed by atoms with Crippen LogP contribution in [0.5, 0.6) is 0 Å². The van der Waals surface area contributed by atoms with Gasteiger partial charge in [0.2, 0.25) is 0 Å². The number of rotatable bonds is 9. The maximum Gasteiger partial charge on any atom is 0.0610 e. The molecule has 0 spiro atoms. The first-order chi connectivity index (χ1) is 7.08. The molecule has 1 unspecified atom stereocenters. The van der Waals surface area contributed by atoms with Gasteiger partial charge in [0.25, 0.3) is 0 Å². The van der Waals surface area contributed by atoms with Gasteiger partial charge in [-0.2, -0.15) is 0 Å². The van der Waals surface area contributed by atoms with Gasteiger partial charge in [-0.05, 0) is 40.4 Å². The molecule has 1 atom stereocenters. The van der Waals surface area contributed by atoms with Gasteiger partial charge >= 0.3 is 0 Å². The molecule has 0 saturated carbocycles. The Morgan fingerprint density at radius 1 is 1.40 bits per heavy atom. The molecule has 0 aliphatic heterocycles. The number of hydrogen-bond donors (Lipinski definition) is 2. The number of aliphatic hydroxyl groups is 1. The van der Waals surface area contributed by atoms with Gasteiger partial charge in [-0.25, -0.2) is 0 Å². The van der Waals surface area contributed by atoms with Crippen LogP contribution in [0.3, 0.4) is 0 Å². The molecular formula is C11H26N2O2. The summed E-state index contributed by atoms with van der Waals surface area (Å²) in [6.45, 7) is 5.06. The van der Waals surface area contributed by atoms with Crippen molar-refractivity contribution in [1.82, 2.24) is 10.2 Å². The smallest absolute Gasteiger partial charge is 0.0610 e. The first kappa shape index (κ1) is 14.8. The summed E-state index contributed by atoms with van der Waals surface area (Å²) in [6.07, 6.45) is 2.01. The second-order valence-corrected chi connectivity index (χ2v) is 4.37. The minimum absolute atomic E-state index is 0.157. The van der Waals surface area contributed by atoms with Gasteiger partial charge in [-0.15, -0.1) is 0 Å². The van der Waals surface area contributed by atoms with Crippen LogP contribution < -0.4 is 5.32 Å². The van der Waals surface area contributed by atoms with Crippen LogP contribution in [0.15, 0.2) is 0 Å². The second kappa shape index (κ2) is 8.05. The van der Waals surface area contributed by atoms with Crippen molar-refractivity contribution in [2.75, 3.05) is 47.5 Å². The summed E-state index contributed by atoms with van der Waals surface area (Å²) in [5.74, 6) is 0. The van der Waals surface area contributed by atoms with Gasteiger partial charge in [0.15, 0.2) is 0 Å². The largest absolute Gasteiger partial charge is 0.394 e. The molecule has 0 bridgehead atoms. The normalized spacial score (nSPS) is 15.6. The van der Waals surface area contributed by atoms with Crippen LogP contribution in [-0.2, 0) is 4.74 Å². The summed E-state index contributed by atoms with van der Waals surface area (Å²) >= 11 is 0. The van der Waals surface area contributed by atoms with E-state index in [0.29, 0.717) is 0 Å². The summed E-state index contributed by atoms with van der Waals surface area (Å²) in [5.41, 5.74) is -0.157. The first-order valence-corrected chi connectivity index (χ1v) is 5.55. The summed E-state index contributed by atoms with van der Waals surface area (Å²) in [4.78, 5) is 2.27. The van der Waals surface area contributed by atoms with Crippen LogP contribution >= 0.6 is 0 Å². The van der Waals surface area contributed by atoms with Crippen molar-refractivity contribution in [3.8, 4) is 0 Å². The van der Waals surface area contributed by atoms with Crippen molar-refractivity contribution in [1.29, 1.82) is 0 Å². The summed E-state index contributed by atoms with van der Waals surface area (Å²) in [7, 11) is 5.72. The topological polar surface area (TPSA) is 44.7 Å². The number of aliphatic hydroxyl groups excluding tert-OH is 1. The first-order valence-electron chi connectivity index (χ1n) is 5.55. The van der Waals surface area contributed by atoms with Crippen LogP contribution in [0.4, 0.5) is 0 Å². The zero-order chi connectivity index (χ0) is 11.7. The van der Waals surface area contributed by atoms with Gasteiger partial charge in [0.1, 0.15) is 0 Å². The SMILES string of the molecule is CNC(C)(CO)CCN(C)CCCOC. The fraction of sp³-hybridized carbons (Fsp3) is 1.00. The number of ether oxygens (including phenoxy) is 1. The highest BCUT2D eigenvalue weighted by Crippen LogP contribution is 2.08. The molecule has 0 amide bonds. The highest BCUT2D eigenvalue weighted by molar-refractivity contribution is 4.81. The molecular weight excluding hydrogens is 192 g/mol. The molecule has 0 heterocycles. The molecule has 0 fully saturated rings. The molecule has 0 aromatic heterocycles. The Labute approximate surface area is 93.6 Å². The summed E-state index contributed by atoms with van der Waals surface area (Å²) < 4.78 is 5.00. The summed E-state index contributed by atoms with van der Waals surface area (Å²) in [5, 5.41) is 12.4. The molecule has 2 N–H and O–H groups in total. The van der Waals surface area contributed by atoms with Gasteiger partial charge in [-0.1, -0.05) is 0 Å². The van der Waals surface area contributed by atoms with Crippen molar-refractivity contribution in [2.45, 2.75) is 25.3 Å². The lowest BCUT2D eigenvalue weighted by atomic mass is 9.99. The van der Waals surface area contributed by atoms with Crippen molar-refractivity contribution in [3.63, 3.8) is 0 Å². The molecule has 0 aromatic rings. The minimum atomic E-state index is -0.157. The third-order valence-corrected chi connectivity index (χ3v) is 2.89. The maximum absolute atomic E-state index is 9.21. The number of nitrogens with one attached hydrogen (secondary N) is 1. The zero-order valence-electron chi connectivity index (χ0n) is 10.5. The molecule has 92 valence electrons. The van der Waals surface area contributed by atoms with E-state index in [0.717, 1.165) is 32.5 Å². The minimum Gasteiger partial charge on any atom is -0.394 e. The number of hydrogen-bond acceptors (Lipinski definition) is 4. The number of likely N-dealkylation sites (N-methyl/N-ethyl adjacent to an activating group) is 1. The standard InChI is InChI=1S/C11H26N2O2/c1-11(10-14,12-2)6-8-13(3)7-5-9-15-4/h12,14H,5-10H2,1-4H3. The average Bonchev–Trinajstić information content (AvgIpc) is 2.26. The van der Waals surface area contributed by atoms with E-state index in [1.54, 1.807) is 7.11 Å². The highest BCUT2D eigenvalue weighted by Gasteiger charge is 2.20. The van der Waals surface area contributed by atoms with Crippen LogP contribution in [0.1, 0.15) is 19.8 Å². The molecule has 0 rings (SSSR count). The van der Waals surface area contributed by atoms with Crippen molar-refractivity contribution < 1.29 is 9.84 Å². The highest BCUT2D eigenvalue weighted by atomic mass is 16.5. The lowest BCUT2D eigenvalue weighted by molar-refractivity contribution is 0.150.